The summed E-state index contributed by atoms with van der Waals surface area (Å²) in [5, 5.41) is 0. The highest BCUT2D eigenvalue weighted by molar-refractivity contribution is 5.69. The summed E-state index contributed by atoms with van der Waals surface area (Å²) in [6.07, 6.45) is -0.124. The summed E-state index contributed by atoms with van der Waals surface area (Å²) in [6, 6.07) is 3.74. The molecule has 2 unspecified atom stereocenters. The summed E-state index contributed by atoms with van der Waals surface area (Å²) in [7, 11) is 2.02. The van der Waals surface area contributed by atoms with Crippen LogP contribution >= 0.6 is 0 Å². The Bertz CT molecular complexity index is 582. The molecule has 3 rings (SSSR count). The van der Waals surface area contributed by atoms with E-state index in [4.69, 9.17) is 0 Å². The molecule has 1 fully saturated rings. The molecule has 2 heterocycles. The Balaban J connectivity index is 1.92. The van der Waals surface area contributed by atoms with Gasteiger partial charge in [0.1, 0.15) is 11.6 Å². The lowest BCUT2D eigenvalue weighted by Crippen LogP contribution is -2.34. The average molecular weight is 301 g/mol. The van der Waals surface area contributed by atoms with E-state index in [1.165, 1.54) is 0 Å². The molecule has 2 aliphatic heterocycles. The van der Waals surface area contributed by atoms with E-state index >= 15 is 0 Å². The zero-order valence-electron chi connectivity index (χ0n) is 11.5. The first kappa shape index (κ1) is 14.4. The van der Waals surface area contributed by atoms with E-state index in [9.17, 15) is 17.6 Å². The van der Waals surface area contributed by atoms with E-state index in [1.54, 1.807) is 0 Å². The topological polar surface area (TPSA) is 12.5 Å². The number of likely N-dealkylation sites (N-methyl/N-ethyl adjacent to an activating group) is 1. The van der Waals surface area contributed by atoms with Crippen molar-refractivity contribution in [3.05, 3.63) is 35.7 Å². The number of alkyl halides is 3. The molecule has 21 heavy (non-hydrogen) atoms. The van der Waals surface area contributed by atoms with Crippen LogP contribution in [0.3, 0.4) is 0 Å². The van der Waals surface area contributed by atoms with Gasteiger partial charge in [0.05, 0.1) is 0 Å². The summed E-state index contributed by atoms with van der Waals surface area (Å²) >= 11 is 0. The van der Waals surface area contributed by atoms with Crippen LogP contribution in [0, 0.1) is 5.82 Å². The van der Waals surface area contributed by atoms with Gasteiger partial charge in [-0.25, -0.2) is 4.39 Å². The predicted octanol–water partition coefficient (Wildman–Crippen LogP) is 3.97. The van der Waals surface area contributed by atoms with Crippen molar-refractivity contribution in [3.8, 4) is 5.75 Å². The van der Waals surface area contributed by atoms with Crippen LogP contribution < -0.4 is 4.74 Å². The second-order valence-corrected chi connectivity index (χ2v) is 5.55. The van der Waals surface area contributed by atoms with Gasteiger partial charge in [0.15, 0.2) is 0 Å². The van der Waals surface area contributed by atoms with E-state index in [0.29, 0.717) is 12.5 Å². The number of benzene rings is 1. The van der Waals surface area contributed by atoms with Gasteiger partial charge in [-0.2, -0.15) is 0 Å². The first-order chi connectivity index (χ1) is 9.83. The standard InChI is InChI=1S/C15H15F4NO/c1-20-10-2-3-11(20)7-9(6-10)13-8-12(4-5-14(13)16)21-15(17,18)19/h4-6,8,10-11H,2-3,7H2,1H3. The van der Waals surface area contributed by atoms with Gasteiger partial charge < -0.3 is 4.74 Å². The fourth-order valence-corrected chi connectivity index (χ4v) is 3.19. The highest BCUT2D eigenvalue weighted by Gasteiger charge is 2.35. The van der Waals surface area contributed by atoms with E-state index in [1.807, 2.05) is 13.1 Å². The minimum Gasteiger partial charge on any atom is -0.406 e. The Hall–Kier alpha value is -1.56. The van der Waals surface area contributed by atoms with Crippen molar-refractivity contribution >= 4 is 5.57 Å². The SMILES string of the molecule is CN1C2C=C(c3cc(OC(F)(F)F)ccc3F)CC1CC2. The fourth-order valence-electron chi connectivity index (χ4n) is 3.19. The van der Waals surface area contributed by atoms with Crippen LogP contribution in [0.2, 0.25) is 0 Å². The molecule has 0 N–H and O–H groups in total. The highest BCUT2D eigenvalue weighted by atomic mass is 19.4. The third-order valence-corrected chi connectivity index (χ3v) is 4.26. The number of hydrogen-bond donors (Lipinski definition) is 0. The summed E-state index contributed by atoms with van der Waals surface area (Å²) in [5.74, 6) is -0.897. The van der Waals surface area contributed by atoms with Gasteiger partial charge in [-0.1, -0.05) is 6.08 Å². The molecule has 0 spiro atoms. The summed E-state index contributed by atoms with van der Waals surface area (Å²) in [6.45, 7) is 0. The first-order valence-corrected chi connectivity index (χ1v) is 6.82. The van der Waals surface area contributed by atoms with E-state index in [2.05, 4.69) is 9.64 Å². The quantitative estimate of drug-likeness (QED) is 0.766. The Morgan fingerprint density at radius 1 is 1.24 bits per heavy atom. The molecule has 0 aliphatic carbocycles. The monoisotopic (exact) mass is 301 g/mol. The zero-order valence-corrected chi connectivity index (χ0v) is 11.5. The lowest BCUT2D eigenvalue weighted by Gasteiger charge is -2.30. The Labute approximate surface area is 120 Å². The highest BCUT2D eigenvalue weighted by Crippen LogP contribution is 2.39. The Morgan fingerprint density at radius 3 is 2.67 bits per heavy atom. The third-order valence-electron chi connectivity index (χ3n) is 4.26. The smallest absolute Gasteiger partial charge is 0.406 e. The maximum Gasteiger partial charge on any atom is 0.573 e. The first-order valence-electron chi connectivity index (χ1n) is 6.82. The van der Waals surface area contributed by atoms with E-state index in [0.717, 1.165) is 36.6 Å². The number of fused-ring (bicyclic) bond motifs is 2. The van der Waals surface area contributed by atoms with Gasteiger partial charge >= 0.3 is 6.36 Å². The molecule has 0 amide bonds. The Morgan fingerprint density at radius 2 is 2.00 bits per heavy atom. The lowest BCUT2D eigenvalue weighted by molar-refractivity contribution is -0.274. The molecule has 114 valence electrons. The van der Waals surface area contributed by atoms with Crippen molar-refractivity contribution in [3.63, 3.8) is 0 Å². The van der Waals surface area contributed by atoms with Crippen LogP contribution in [0.25, 0.3) is 5.57 Å². The average Bonchev–Trinajstić information content (AvgIpc) is 2.62. The molecule has 2 aliphatic rings. The largest absolute Gasteiger partial charge is 0.573 e. The molecule has 2 atom stereocenters. The second kappa shape index (κ2) is 5.02. The van der Waals surface area contributed by atoms with Gasteiger partial charge in [-0.3, -0.25) is 4.90 Å². The van der Waals surface area contributed by atoms with Crippen LogP contribution in [0.1, 0.15) is 24.8 Å². The van der Waals surface area contributed by atoms with Crippen molar-refractivity contribution in [2.75, 3.05) is 7.05 Å². The third kappa shape index (κ3) is 2.90. The molecule has 2 bridgehead atoms. The van der Waals surface area contributed by atoms with E-state index < -0.39 is 12.2 Å². The zero-order chi connectivity index (χ0) is 15.2. The van der Waals surface area contributed by atoms with Gasteiger partial charge in [-0.15, -0.1) is 13.2 Å². The minimum absolute atomic E-state index is 0.210. The van der Waals surface area contributed by atoms with Gasteiger partial charge in [0, 0.05) is 17.6 Å². The second-order valence-electron chi connectivity index (χ2n) is 5.55. The van der Waals surface area contributed by atoms with Crippen molar-refractivity contribution < 1.29 is 22.3 Å². The normalized spacial score (nSPS) is 25.9. The number of ether oxygens (including phenoxy) is 1. The maximum absolute atomic E-state index is 14.0. The molecule has 1 saturated heterocycles. The molecule has 0 saturated carbocycles. The van der Waals surface area contributed by atoms with Gasteiger partial charge in [0.2, 0.25) is 0 Å². The van der Waals surface area contributed by atoms with Gasteiger partial charge in [-0.05, 0) is 50.1 Å². The summed E-state index contributed by atoms with van der Waals surface area (Å²) in [5.41, 5.74) is 0.979. The number of nitrogens with zero attached hydrogens (tertiary/aromatic N) is 1. The summed E-state index contributed by atoms with van der Waals surface area (Å²) < 4.78 is 54.6. The molecule has 6 heteroatoms. The number of hydrogen-bond acceptors (Lipinski definition) is 2. The Kier molecular flexibility index (Phi) is 3.43. The van der Waals surface area contributed by atoms with Crippen LogP contribution in [0.4, 0.5) is 17.6 Å². The number of rotatable bonds is 2. The van der Waals surface area contributed by atoms with Crippen LogP contribution in [0.5, 0.6) is 5.75 Å². The molecule has 0 radical (unpaired) electrons. The fraction of sp³-hybridized carbons (Fsp3) is 0.467. The molecule has 1 aromatic carbocycles. The molecule has 2 nitrogen and oxygen atoms in total. The molecule has 1 aromatic rings. The van der Waals surface area contributed by atoms with Crippen molar-refractivity contribution in [2.45, 2.75) is 37.7 Å². The van der Waals surface area contributed by atoms with Crippen LogP contribution in [-0.2, 0) is 0 Å². The molecular weight excluding hydrogens is 286 g/mol. The van der Waals surface area contributed by atoms with Gasteiger partial charge in [0.25, 0.3) is 0 Å². The van der Waals surface area contributed by atoms with E-state index in [-0.39, 0.29) is 17.4 Å². The van der Waals surface area contributed by atoms with Crippen molar-refractivity contribution in [1.82, 2.24) is 4.90 Å². The van der Waals surface area contributed by atoms with Crippen LogP contribution in [0.15, 0.2) is 24.3 Å². The van der Waals surface area contributed by atoms with Crippen molar-refractivity contribution in [2.24, 2.45) is 0 Å². The maximum atomic E-state index is 14.0. The number of halogens is 4. The molecular formula is C15H15F4NO. The van der Waals surface area contributed by atoms with Crippen molar-refractivity contribution in [1.29, 1.82) is 0 Å². The predicted molar refractivity (Wildman–Crippen MR) is 70.3 cm³/mol. The molecule has 0 aromatic heterocycles. The summed E-state index contributed by atoms with van der Waals surface area (Å²) in [4.78, 5) is 2.23. The minimum atomic E-state index is -4.77. The lowest BCUT2D eigenvalue weighted by atomic mass is 9.94. The van der Waals surface area contributed by atoms with Crippen LogP contribution in [-0.4, -0.2) is 30.4 Å².